The average Bonchev–Trinajstić information content (AvgIpc) is 2.23. The predicted octanol–water partition coefficient (Wildman–Crippen LogP) is 3.37. The van der Waals surface area contributed by atoms with E-state index in [0.29, 0.717) is 11.1 Å². The van der Waals surface area contributed by atoms with Crippen LogP contribution in [0.1, 0.15) is 39.0 Å². The second kappa shape index (κ2) is 3.32. The van der Waals surface area contributed by atoms with Crippen molar-refractivity contribution in [3.8, 4) is 0 Å². The zero-order valence-electron chi connectivity index (χ0n) is 9.26. The molecule has 0 aromatic heterocycles. The third kappa shape index (κ3) is 1.30. The normalized spacial score (nSPS) is 48.5. The van der Waals surface area contributed by atoms with Crippen molar-refractivity contribution in [3.05, 3.63) is 5.92 Å². The van der Waals surface area contributed by atoms with Crippen LogP contribution in [0.4, 0.5) is 0 Å². The Labute approximate surface area is 100 Å². The first-order valence-corrected chi connectivity index (χ1v) is 7.21. The summed E-state index contributed by atoms with van der Waals surface area (Å²) in [6.45, 7) is 2.25. The van der Waals surface area contributed by atoms with Gasteiger partial charge in [0.15, 0.2) is 0 Å². The summed E-state index contributed by atoms with van der Waals surface area (Å²) in [5.74, 6) is 4.47. The van der Waals surface area contributed by atoms with Crippen molar-refractivity contribution in [2.75, 3.05) is 5.33 Å². The minimum absolute atomic E-state index is 0.00174. The average molecular weight is 270 g/mol. The Morgan fingerprint density at radius 1 is 1.33 bits per heavy atom. The fraction of sp³-hybridized carbons (Fsp3) is 0.846. The van der Waals surface area contributed by atoms with E-state index in [1.54, 1.807) is 0 Å². The van der Waals surface area contributed by atoms with Crippen molar-refractivity contribution < 1.29 is 4.79 Å². The Morgan fingerprint density at radius 2 is 1.93 bits per heavy atom. The molecule has 0 aliphatic heterocycles. The lowest BCUT2D eigenvalue weighted by Gasteiger charge is -2.59. The summed E-state index contributed by atoms with van der Waals surface area (Å²) in [4.78, 5) is 12.2. The van der Waals surface area contributed by atoms with E-state index in [0.717, 1.165) is 30.6 Å². The first-order chi connectivity index (χ1) is 7.15. The van der Waals surface area contributed by atoms with Crippen LogP contribution in [0.2, 0.25) is 0 Å². The lowest BCUT2D eigenvalue weighted by molar-refractivity contribution is -0.136. The Hall–Kier alpha value is 0.150. The van der Waals surface area contributed by atoms with Crippen molar-refractivity contribution in [2.24, 2.45) is 23.2 Å². The molecule has 4 fully saturated rings. The Balaban J connectivity index is 1.97. The van der Waals surface area contributed by atoms with Crippen molar-refractivity contribution in [3.63, 3.8) is 0 Å². The van der Waals surface area contributed by atoms with Crippen LogP contribution in [-0.2, 0) is 4.79 Å². The van der Waals surface area contributed by atoms with E-state index in [2.05, 4.69) is 22.9 Å². The molecule has 0 N–H and O–H groups in total. The highest BCUT2D eigenvalue weighted by atomic mass is 79.9. The molecule has 0 saturated heterocycles. The molecule has 4 aliphatic rings. The van der Waals surface area contributed by atoms with Crippen LogP contribution in [0.3, 0.4) is 0 Å². The standard InChI is InChI=1S/C13H18BrO/c1-8-11-3-9-2-10(4-11)6-13(8,5-9)12(15)7-14/h9-11H,2-7H2,1H3. The number of Topliss-reactive ketones (excluding diaryl/α,β-unsaturated/α-hetero) is 1. The zero-order valence-corrected chi connectivity index (χ0v) is 10.8. The van der Waals surface area contributed by atoms with Gasteiger partial charge in [-0.2, -0.15) is 0 Å². The molecule has 4 saturated carbocycles. The van der Waals surface area contributed by atoms with Crippen LogP contribution in [0.25, 0.3) is 0 Å². The van der Waals surface area contributed by atoms with Gasteiger partial charge in [0, 0.05) is 5.41 Å². The predicted molar refractivity (Wildman–Crippen MR) is 63.7 cm³/mol. The van der Waals surface area contributed by atoms with Gasteiger partial charge < -0.3 is 0 Å². The largest absolute Gasteiger partial charge is 0.298 e. The molecule has 2 atom stereocenters. The van der Waals surface area contributed by atoms with Crippen molar-refractivity contribution >= 4 is 21.7 Å². The van der Waals surface area contributed by atoms with Crippen LogP contribution < -0.4 is 0 Å². The first-order valence-electron chi connectivity index (χ1n) is 6.09. The van der Waals surface area contributed by atoms with E-state index in [1.807, 2.05) is 0 Å². The first kappa shape index (κ1) is 10.3. The minimum atomic E-state index is -0.00174. The van der Waals surface area contributed by atoms with Gasteiger partial charge in [-0.3, -0.25) is 4.79 Å². The van der Waals surface area contributed by atoms with Gasteiger partial charge in [-0.1, -0.05) is 22.9 Å². The van der Waals surface area contributed by atoms with Crippen LogP contribution in [0, 0.1) is 29.1 Å². The molecule has 0 heterocycles. The lowest BCUT2D eigenvalue weighted by Crippen LogP contribution is -2.54. The third-order valence-corrected chi connectivity index (χ3v) is 5.71. The molecule has 15 heavy (non-hydrogen) atoms. The topological polar surface area (TPSA) is 17.1 Å². The van der Waals surface area contributed by atoms with Crippen LogP contribution in [0.15, 0.2) is 0 Å². The van der Waals surface area contributed by atoms with Gasteiger partial charge >= 0.3 is 0 Å². The van der Waals surface area contributed by atoms with Crippen molar-refractivity contribution in [2.45, 2.75) is 39.0 Å². The lowest BCUT2D eigenvalue weighted by atomic mass is 9.44. The third-order valence-electron chi connectivity index (χ3n) is 5.20. The number of carbonyl (C=O) groups is 1. The van der Waals surface area contributed by atoms with E-state index >= 15 is 0 Å². The van der Waals surface area contributed by atoms with Gasteiger partial charge in [0.2, 0.25) is 0 Å². The van der Waals surface area contributed by atoms with Crippen molar-refractivity contribution in [1.29, 1.82) is 0 Å². The highest BCUT2D eigenvalue weighted by Gasteiger charge is 2.58. The monoisotopic (exact) mass is 269 g/mol. The summed E-state index contributed by atoms with van der Waals surface area (Å²) in [7, 11) is 0. The van der Waals surface area contributed by atoms with Gasteiger partial charge in [0.05, 0.1) is 5.33 Å². The summed E-state index contributed by atoms with van der Waals surface area (Å²) < 4.78 is 0. The molecule has 4 aliphatic carbocycles. The summed E-state index contributed by atoms with van der Waals surface area (Å²) in [6.07, 6.45) is 6.48. The van der Waals surface area contributed by atoms with Crippen LogP contribution in [-0.4, -0.2) is 11.1 Å². The van der Waals surface area contributed by atoms with E-state index in [9.17, 15) is 4.79 Å². The molecule has 2 unspecified atom stereocenters. The summed E-state index contributed by atoms with van der Waals surface area (Å²) in [6, 6.07) is 0. The van der Waals surface area contributed by atoms with Gasteiger partial charge in [0.1, 0.15) is 5.78 Å². The van der Waals surface area contributed by atoms with E-state index < -0.39 is 0 Å². The molecule has 1 nitrogen and oxygen atoms in total. The maximum atomic E-state index is 12.2. The second-order valence-corrected chi connectivity index (χ2v) is 6.43. The zero-order chi connectivity index (χ0) is 10.6. The highest BCUT2D eigenvalue weighted by molar-refractivity contribution is 9.09. The van der Waals surface area contributed by atoms with E-state index in [4.69, 9.17) is 0 Å². The number of ketones is 1. The summed E-state index contributed by atoms with van der Waals surface area (Å²) in [5, 5.41) is 0.552. The maximum absolute atomic E-state index is 12.2. The maximum Gasteiger partial charge on any atom is 0.150 e. The molecular weight excluding hydrogens is 252 g/mol. The highest BCUT2D eigenvalue weighted by Crippen LogP contribution is 2.64. The summed E-state index contributed by atoms with van der Waals surface area (Å²) in [5.41, 5.74) is -0.00174. The van der Waals surface area contributed by atoms with E-state index in [1.165, 1.54) is 25.2 Å². The number of carbonyl (C=O) groups excluding carboxylic acids is 1. The minimum Gasteiger partial charge on any atom is -0.298 e. The summed E-state index contributed by atoms with van der Waals surface area (Å²) >= 11 is 3.37. The van der Waals surface area contributed by atoms with Gasteiger partial charge in [-0.15, -0.1) is 0 Å². The molecule has 4 bridgehead atoms. The molecule has 83 valence electrons. The molecule has 2 heteroatoms. The number of hydrogen-bond acceptors (Lipinski definition) is 1. The van der Waals surface area contributed by atoms with Gasteiger partial charge in [0.25, 0.3) is 0 Å². The SMILES string of the molecule is C[C]1C2CC3CC(C2)CC1(C(=O)CBr)C3. The van der Waals surface area contributed by atoms with Crippen molar-refractivity contribution in [1.82, 2.24) is 0 Å². The molecule has 0 spiro atoms. The number of rotatable bonds is 2. The molecule has 0 aromatic carbocycles. The molecule has 4 rings (SSSR count). The second-order valence-electron chi connectivity index (χ2n) is 5.87. The van der Waals surface area contributed by atoms with E-state index in [-0.39, 0.29) is 5.41 Å². The molecular formula is C13H18BrO. The molecule has 1 radical (unpaired) electrons. The Bertz CT molecular complexity index is 285. The Morgan fingerprint density at radius 3 is 2.47 bits per heavy atom. The number of alkyl halides is 1. The number of hydrogen-bond donors (Lipinski definition) is 0. The smallest absolute Gasteiger partial charge is 0.150 e. The van der Waals surface area contributed by atoms with Gasteiger partial charge in [-0.05, 0) is 55.8 Å². The fourth-order valence-corrected chi connectivity index (χ4v) is 5.15. The van der Waals surface area contributed by atoms with Crippen LogP contribution >= 0.6 is 15.9 Å². The molecule has 0 amide bonds. The molecule has 0 aromatic rings. The fourth-order valence-electron chi connectivity index (χ4n) is 4.61. The number of halogens is 1. The Kier molecular flexibility index (Phi) is 2.28. The van der Waals surface area contributed by atoms with Gasteiger partial charge in [-0.25, -0.2) is 0 Å². The quantitative estimate of drug-likeness (QED) is 0.703. The van der Waals surface area contributed by atoms with Crippen LogP contribution in [0.5, 0.6) is 0 Å².